The second-order valence-electron chi connectivity index (χ2n) is 7.20. The van der Waals surface area contributed by atoms with Gasteiger partial charge in [-0.15, -0.1) is 10.2 Å². The summed E-state index contributed by atoms with van der Waals surface area (Å²) in [6, 6.07) is 35.1. The molecule has 0 spiro atoms. The van der Waals surface area contributed by atoms with Crippen molar-refractivity contribution in [3.63, 3.8) is 0 Å². The Bertz CT molecular complexity index is 1320. The van der Waals surface area contributed by atoms with Gasteiger partial charge in [0, 0.05) is 26.6 Å². The maximum Gasteiger partial charge on any atom is 0.248 e. The van der Waals surface area contributed by atoms with Crippen LogP contribution in [0.25, 0.3) is 22.9 Å². The number of hydrogen-bond donors (Lipinski definition) is 0. The minimum absolute atomic E-state index is 0.514. The zero-order valence-electron chi connectivity index (χ0n) is 16.5. The van der Waals surface area contributed by atoms with Crippen LogP contribution in [-0.2, 0) is 0 Å². The molecule has 0 atom stereocenters. The zero-order chi connectivity index (χ0) is 20.6. The number of fused-ring (bicyclic) bond motifs is 2. The van der Waals surface area contributed by atoms with Crippen LogP contribution in [0.3, 0.4) is 0 Å². The normalized spacial score (nSPS) is 12.3. The third-order valence-electron chi connectivity index (χ3n) is 5.25. The minimum atomic E-state index is 0.514. The van der Waals surface area contributed by atoms with Gasteiger partial charge in [0.1, 0.15) is 0 Å². The second-order valence-corrected chi connectivity index (χ2v) is 8.28. The highest BCUT2D eigenvalue weighted by Crippen LogP contribution is 2.51. The Morgan fingerprint density at radius 1 is 0.548 bits per heavy atom. The lowest BCUT2D eigenvalue weighted by molar-refractivity contribution is 0.584. The molecular formula is C26H17N3OS. The predicted molar refractivity (Wildman–Crippen MR) is 124 cm³/mol. The van der Waals surface area contributed by atoms with Crippen LogP contribution in [0.5, 0.6) is 0 Å². The van der Waals surface area contributed by atoms with E-state index in [0.717, 1.165) is 16.8 Å². The number of para-hydroxylation sites is 2. The molecule has 1 aromatic heterocycles. The number of nitrogens with zero attached hydrogens (tertiary/aromatic N) is 3. The molecule has 1 aliphatic heterocycles. The van der Waals surface area contributed by atoms with E-state index in [2.05, 4.69) is 75.8 Å². The molecule has 4 aromatic carbocycles. The van der Waals surface area contributed by atoms with Crippen molar-refractivity contribution in [2.24, 2.45) is 0 Å². The Morgan fingerprint density at radius 3 is 1.68 bits per heavy atom. The van der Waals surface area contributed by atoms with E-state index in [1.165, 1.54) is 21.2 Å². The van der Waals surface area contributed by atoms with Gasteiger partial charge in [-0.3, -0.25) is 0 Å². The third-order valence-corrected chi connectivity index (χ3v) is 6.38. The molecule has 0 fully saturated rings. The molecule has 0 N–H and O–H groups in total. The summed E-state index contributed by atoms with van der Waals surface area (Å²) in [6.45, 7) is 0. The van der Waals surface area contributed by atoms with Crippen molar-refractivity contribution in [1.82, 2.24) is 10.2 Å². The van der Waals surface area contributed by atoms with Gasteiger partial charge in [-0.1, -0.05) is 54.2 Å². The van der Waals surface area contributed by atoms with E-state index in [0.29, 0.717) is 11.8 Å². The quantitative estimate of drug-likeness (QED) is 0.300. The molecule has 0 unspecified atom stereocenters. The molecular weight excluding hydrogens is 402 g/mol. The summed E-state index contributed by atoms with van der Waals surface area (Å²) in [6.07, 6.45) is 0. The van der Waals surface area contributed by atoms with Crippen molar-refractivity contribution in [2.45, 2.75) is 9.79 Å². The molecule has 31 heavy (non-hydrogen) atoms. The van der Waals surface area contributed by atoms with E-state index in [4.69, 9.17) is 4.42 Å². The van der Waals surface area contributed by atoms with Gasteiger partial charge in [0.05, 0.1) is 11.4 Å². The Labute approximate surface area is 184 Å². The van der Waals surface area contributed by atoms with Gasteiger partial charge in [0.15, 0.2) is 0 Å². The van der Waals surface area contributed by atoms with Gasteiger partial charge < -0.3 is 9.32 Å². The highest BCUT2D eigenvalue weighted by Gasteiger charge is 2.24. The van der Waals surface area contributed by atoms with Gasteiger partial charge in [-0.05, 0) is 60.7 Å². The van der Waals surface area contributed by atoms with Gasteiger partial charge in [0.2, 0.25) is 11.8 Å². The summed E-state index contributed by atoms with van der Waals surface area (Å²) < 4.78 is 5.91. The van der Waals surface area contributed by atoms with Gasteiger partial charge in [-0.25, -0.2) is 0 Å². The van der Waals surface area contributed by atoms with Crippen LogP contribution in [0.15, 0.2) is 117 Å². The fourth-order valence-electron chi connectivity index (χ4n) is 3.77. The summed E-state index contributed by atoms with van der Waals surface area (Å²) in [7, 11) is 0. The third kappa shape index (κ3) is 3.20. The summed E-state index contributed by atoms with van der Waals surface area (Å²) in [4.78, 5) is 4.79. The maximum atomic E-state index is 5.91. The van der Waals surface area contributed by atoms with E-state index >= 15 is 0 Å². The maximum absolute atomic E-state index is 5.91. The predicted octanol–water partition coefficient (Wildman–Crippen LogP) is 7.34. The number of rotatable bonds is 3. The largest absolute Gasteiger partial charge is 0.416 e. The SMILES string of the molecule is c1ccc(-c2nnc(-c3ccc(N4c5ccccc5Sc5ccccc54)cc3)o2)cc1. The van der Waals surface area contributed by atoms with Gasteiger partial charge >= 0.3 is 0 Å². The molecule has 0 aliphatic carbocycles. The van der Waals surface area contributed by atoms with Crippen molar-refractivity contribution in [2.75, 3.05) is 4.90 Å². The lowest BCUT2D eigenvalue weighted by Gasteiger charge is -2.32. The number of anilines is 3. The van der Waals surface area contributed by atoms with Crippen LogP contribution >= 0.6 is 11.8 Å². The smallest absolute Gasteiger partial charge is 0.248 e. The molecule has 0 saturated heterocycles. The molecule has 148 valence electrons. The second kappa shape index (κ2) is 7.45. The van der Waals surface area contributed by atoms with Crippen molar-refractivity contribution in [3.05, 3.63) is 103 Å². The Kier molecular flexibility index (Phi) is 4.32. The number of aromatic nitrogens is 2. The van der Waals surface area contributed by atoms with E-state index in [-0.39, 0.29) is 0 Å². The van der Waals surface area contributed by atoms with Crippen LogP contribution < -0.4 is 4.90 Å². The fourth-order valence-corrected chi connectivity index (χ4v) is 4.83. The molecule has 4 nitrogen and oxygen atoms in total. The van der Waals surface area contributed by atoms with Crippen molar-refractivity contribution in [1.29, 1.82) is 0 Å². The molecule has 2 heterocycles. The molecule has 0 saturated carbocycles. The first kappa shape index (κ1) is 18.0. The van der Waals surface area contributed by atoms with E-state index in [1.807, 2.05) is 42.5 Å². The van der Waals surface area contributed by atoms with Crippen molar-refractivity contribution >= 4 is 28.8 Å². The van der Waals surface area contributed by atoms with E-state index < -0.39 is 0 Å². The van der Waals surface area contributed by atoms with Crippen LogP contribution in [0, 0.1) is 0 Å². The number of benzene rings is 4. The Morgan fingerprint density at radius 2 is 1.06 bits per heavy atom. The lowest BCUT2D eigenvalue weighted by atomic mass is 10.1. The lowest BCUT2D eigenvalue weighted by Crippen LogP contribution is -2.14. The van der Waals surface area contributed by atoms with Gasteiger partial charge in [-0.2, -0.15) is 0 Å². The Balaban J connectivity index is 1.37. The standard InChI is InChI=1S/C26H17N3OS/c1-2-8-18(9-3-1)25-27-28-26(30-25)19-14-16-20(17-15-19)29-21-10-4-6-12-23(21)31-24-13-7-5-11-22(24)29/h1-17H. The summed E-state index contributed by atoms with van der Waals surface area (Å²) in [5, 5.41) is 8.45. The highest BCUT2D eigenvalue weighted by atomic mass is 32.2. The van der Waals surface area contributed by atoms with Crippen LogP contribution in [-0.4, -0.2) is 10.2 Å². The molecule has 5 aromatic rings. The minimum Gasteiger partial charge on any atom is -0.416 e. The van der Waals surface area contributed by atoms with E-state index in [1.54, 1.807) is 11.8 Å². The zero-order valence-corrected chi connectivity index (χ0v) is 17.3. The molecule has 5 heteroatoms. The van der Waals surface area contributed by atoms with Crippen molar-refractivity contribution in [3.8, 4) is 22.9 Å². The van der Waals surface area contributed by atoms with Crippen LogP contribution in [0.4, 0.5) is 17.1 Å². The summed E-state index contributed by atoms with van der Waals surface area (Å²) >= 11 is 1.81. The van der Waals surface area contributed by atoms with Crippen LogP contribution in [0.1, 0.15) is 0 Å². The molecule has 1 aliphatic rings. The average molecular weight is 420 g/mol. The molecule has 0 radical (unpaired) electrons. The number of hydrogen-bond acceptors (Lipinski definition) is 5. The first-order valence-corrected chi connectivity index (χ1v) is 10.8. The average Bonchev–Trinajstić information content (AvgIpc) is 3.34. The fraction of sp³-hybridized carbons (Fsp3) is 0. The topological polar surface area (TPSA) is 42.2 Å². The first-order chi connectivity index (χ1) is 15.4. The molecule has 0 amide bonds. The summed E-state index contributed by atoms with van der Waals surface area (Å²) in [5.41, 5.74) is 5.27. The highest BCUT2D eigenvalue weighted by molar-refractivity contribution is 7.99. The monoisotopic (exact) mass is 419 g/mol. The van der Waals surface area contributed by atoms with Gasteiger partial charge in [0.25, 0.3) is 0 Å². The van der Waals surface area contributed by atoms with Crippen LogP contribution in [0.2, 0.25) is 0 Å². The summed E-state index contributed by atoms with van der Waals surface area (Å²) in [5.74, 6) is 1.04. The molecule has 6 rings (SSSR count). The van der Waals surface area contributed by atoms with E-state index in [9.17, 15) is 0 Å². The first-order valence-electron chi connectivity index (χ1n) is 10.0. The Hall–Kier alpha value is -3.83. The van der Waals surface area contributed by atoms with Crippen molar-refractivity contribution < 1.29 is 4.42 Å². The molecule has 0 bridgehead atoms.